The van der Waals surface area contributed by atoms with Crippen molar-refractivity contribution in [1.82, 2.24) is 4.98 Å². The molecule has 0 atom stereocenters. The number of pyridine rings is 1. The van der Waals surface area contributed by atoms with E-state index in [1.807, 2.05) is 0 Å². The molecule has 92 valence electrons. The van der Waals surface area contributed by atoms with Crippen LogP contribution in [0.15, 0.2) is 41.1 Å². The molecule has 0 saturated carbocycles. The summed E-state index contributed by atoms with van der Waals surface area (Å²) in [6, 6.07) is 6.33. The van der Waals surface area contributed by atoms with E-state index < -0.39 is 11.7 Å². The molecule has 0 fully saturated rings. The molecule has 1 amide bonds. The van der Waals surface area contributed by atoms with E-state index in [1.54, 1.807) is 18.2 Å². The van der Waals surface area contributed by atoms with Crippen LogP contribution in [0.2, 0.25) is 5.02 Å². The average molecular weight is 330 g/mol. The van der Waals surface area contributed by atoms with Gasteiger partial charge in [0.25, 0.3) is 5.91 Å². The molecule has 0 spiro atoms. The van der Waals surface area contributed by atoms with E-state index >= 15 is 0 Å². The molecular weight excluding hydrogens is 322 g/mol. The van der Waals surface area contributed by atoms with Crippen molar-refractivity contribution >= 4 is 39.1 Å². The van der Waals surface area contributed by atoms with E-state index in [4.69, 9.17) is 11.6 Å². The standard InChI is InChI=1S/C12H7BrClFN2O/c13-11-8(14)2-1-3-10(11)17-12(18)7-4-5-16-6-9(7)15/h1-6H,(H,17,18). The topological polar surface area (TPSA) is 42.0 Å². The number of nitrogens with zero attached hydrogens (tertiary/aromatic N) is 1. The SMILES string of the molecule is O=C(Nc1cccc(Cl)c1Br)c1ccncc1F. The Morgan fingerprint density at radius 3 is 2.89 bits per heavy atom. The van der Waals surface area contributed by atoms with Gasteiger partial charge < -0.3 is 5.32 Å². The zero-order valence-corrected chi connectivity index (χ0v) is 11.3. The fraction of sp³-hybridized carbons (Fsp3) is 0. The lowest BCUT2D eigenvalue weighted by Crippen LogP contribution is -2.14. The number of carbonyl (C=O) groups is 1. The number of carbonyl (C=O) groups excluding carboxylic acids is 1. The van der Waals surface area contributed by atoms with Gasteiger partial charge in [0.15, 0.2) is 5.82 Å². The number of rotatable bonds is 2. The second kappa shape index (κ2) is 5.46. The minimum absolute atomic E-state index is 0.0723. The summed E-state index contributed by atoms with van der Waals surface area (Å²) < 4.78 is 13.9. The van der Waals surface area contributed by atoms with Gasteiger partial charge in [-0.2, -0.15) is 0 Å². The molecule has 1 N–H and O–H groups in total. The third kappa shape index (κ3) is 2.68. The van der Waals surface area contributed by atoms with Crippen molar-refractivity contribution in [2.75, 3.05) is 5.32 Å². The Morgan fingerprint density at radius 1 is 1.39 bits per heavy atom. The number of hydrogen-bond acceptors (Lipinski definition) is 2. The minimum atomic E-state index is -0.673. The highest BCUT2D eigenvalue weighted by Crippen LogP contribution is 2.30. The molecule has 1 heterocycles. The Bertz CT molecular complexity index is 606. The lowest BCUT2D eigenvalue weighted by molar-refractivity contribution is 0.102. The third-order valence-corrected chi connectivity index (χ3v) is 3.61. The van der Waals surface area contributed by atoms with Gasteiger partial charge in [-0.3, -0.25) is 9.78 Å². The Labute approximate surface area is 116 Å². The highest BCUT2D eigenvalue weighted by atomic mass is 79.9. The van der Waals surface area contributed by atoms with Crippen molar-refractivity contribution in [3.8, 4) is 0 Å². The van der Waals surface area contributed by atoms with Gasteiger partial charge in [-0.1, -0.05) is 17.7 Å². The predicted molar refractivity (Wildman–Crippen MR) is 71.3 cm³/mol. The fourth-order valence-electron chi connectivity index (χ4n) is 1.35. The van der Waals surface area contributed by atoms with Gasteiger partial charge in [-0.25, -0.2) is 4.39 Å². The van der Waals surface area contributed by atoms with Crippen LogP contribution in [0, 0.1) is 5.82 Å². The molecule has 6 heteroatoms. The van der Waals surface area contributed by atoms with Crippen LogP contribution in [0.25, 0.3) is 0 Å². The second-order valence-corrected chi connectivity index (χ2v) is 4.61. The lowest BCUT2D eigenvalue weighted by atomic mass is 10.2. The van der Waals surface area contributed by atoms with E-state index in [9.17, 15) is 9.18 Å². The summed E-state index contributed by atoms with van der Waals surface area (Å²) in [6.07, 6.45) is 2.34. The van der Waals surface area contributed by atoms with Gasteiger partial charge in [-0.05, 0) is 34.1 Å². The van der Waals surface area contributed by atoms with Crippen LogP contribution >= 0.6 is 27.5 Å². The first-order valence-corrected chi connectivity index (χ1v) is 6.11. The van der Waals surface area contributed by atoms with Crippen LogP contribution in [0.1, 0.15) is 10.4 Å². The quantitative estimate of drug-likeness (QED) is 0.908. The first kappa shape index (κ1) is 13.0. The van der Waals surface area contributed by atoms with E-state index in [2.05, 4.69) is 26.2 Å². The molecule has 2 aromatic rings. The molecule has 0 saturated heterocycles. The van der Waals surface area contributed by atoms with Gasteiger partial charge >= 0.3 is 0 Å². The highest BCUT2D eigenvalue weighted by molar-refractivity contribution is 9.10. The van der Waals surface area contributed by atoms with Crippen molar-refractivity contribution in [1.29, 1.82) is 0 Å². The van der Waals surface area contributed by atoms with Crippen molar-refractivity contribution in [3.05, 3.63) is 57.5 Å². The predicted octanol–water partition coefficient (Wildman–Crippen LogP) is 3.89. The van der Waals surface area contributed by atoms with Crippen LogP contribution in [0.5, 0.6) is 0 Å². The Kier molecular flexibility index (Phi) is 3.93. The molecule has 0 aliphatic heterocycles. The van der Waals surface area contributed by atoms with Gasteiger partial charge in [0.05, 0.1) is 26.9 Å². The number of nitrogens with one attached hydrogen (secondary N) is 1. The maximum Gasteiger partial charge on any atom is 0.258 e. The van der Waals surface area contributed by atoms with Crippen LogP contribution < -0.4 is 5.32 Å². The summed E-state index contributed by atoms with van der Waals surface area (Å²) in [5.41, 5.74) is 0.403. The summed E-state index contributed by atoms with van der Waals surface area (Å²) in [5, 5.41) is 3.03. The monoisotopic (exact) mass is 328 g/mol. The third-order valence-electron chi connectivity index (χ3n) is 2.22. The molecule has 0 radical (unpaired) electrons. The average Bonchev–Trinajstić information content (AvgIpc) is 2.35. The highest BCUT2D eigenvalue weighted by Gasteiger charge is 2.13. The normalized spacial score (nSPS) is 10.2. The van der Waals surface area contributed by atoms with Crippen molar-refractivity contribution < 1.29 is 9.18 Å². The summed E-state index contributed by atoms with van der Waals surface area (Å²) >= 11 is 9.14. The fourth-order valence-corrected chi connectivity index (χ4v) is 1.89. The Morgan fingerprint density at radius 2 is 2.17 bits per heavy atom. The number of hydrogen-bond donors (Lipinski definition) is 1. The number of aromatic nitrogens is 1. The van der Waals surface area contributed by atoms with E-state index in [-0.39, 0.29) is 5.56 Å². The van der Waals surface area contributed by atoms with Crippen molar-refractivity contribution in [2.45, 2.75) is 0 Å². The summed E-state index contributed by atoms with van der Waals surface area (Å²) in [4.78, 5) is 15.4. The summed E-state index contributed by atoms with van der Waals surface area (Å²) in [7, 11) is 0. The number of amides is 1. The molecule has 18 heavy (non-hydrogen) atoms. The molecule has 1 aromatic carbocycles. The minimum Gasteiger partial charge on any atom is -0.321 e. The van der Waals surface area contributed by atoms with Crippen LogP contribution in [0.4, 0.5) is 10.1 Å². The van der Waals surface area contributed by atoms with Crippen LogP contribution in [-0.4, -0.2) is 10.9 Å². The van der Waals surface area contributed by atoms with E-state index in [0.29, 0.717) is 15.2 Å². The summed E-state index contributed by atoms with van der Waals surface area (Å²) in [6.45, 7) is 0. The van der Waals surface area contributed by atoms with Gasteiger partial charge in [0.1, 0.15) is 0 Å². The van der Waals surface area contributed by atoms with Gasteiger partial charge in [-0.15, -0.1) is 0 Å². The van der Waals surface area contributed by atoms with Crippen molar-refractivity contribution in [2.24, 2.45) is 0 Å². The van der Waals surface area contributed by atoms with Gasteiger partial charge in [0, 0.05) is 6.20 Å². The van der Waals surface area contributed by atoms with E-state index in [0.717, 1.165) is 6.20 Å². The van der Waals surface area contributed by atoms with Crippen LogP contribution in [-0.2, 0) is 0 Å². The largest absolute Gasteiger partial charge is 0.321 e. The molecule has 0 unspecified atom stereocenters. The first-order valence-electron chi connectivity index (χ1n) is 4.94. The summed E-state index contributed by atoms with van der Waals surface area (Å²) in [5.74, 6) is -1.23. The van der Waals surface area contributed by atoms with Gasteiger partial charge in [0.2, 0.25) is 0 Å². The number of anilines is 1. The Hall–Kier alpha value is -1.46. The Balaban J connectivity index is 2.27. The second-order valence-electron chi connectivity index (χ2n) is 3.41. The maximum absolute atomic E-state index is 13.4. The number of benzene rings is 1. The smallest absolute Gasteiger partial charge is 0.258 e. The lowest BCUT2D eigenvalue weighted by Gasteiger charge is -2.08. The van der Waals surface area contributed by atoms with Crippen LogP contribution in [0.3, 0.4) is 0 Å². The first-order chi connectivity index (χ1) is 8.59. The molecule has 1 aromatic heterocycles. The zero-order chi connectivity index (χ0) is 13.1. The molecule has 2 rings (SSSR count). The number of halogens is 3. The van der Waals surface area contributed by atoms with Crippen molar-refractivity contribution in [3.63, 3.8) is 0 Å². The maximum atomic E-state index is 13.4. The van der Waals surface area contributed by atoms with E-state index in [1.165, 1.54) is 12.3 Å². The molecule has 0 aliphatic carbocycles. The molecule has 0 bridgehead atoms. The molecule has 0 aliphatic rings. The molecular formula is C12H7BrClFN2O. The zero-order valence-electron chi connectivity index (χ0n) is 8.95. The molecule has 3 nitrogen and oxygen atoms in total.